The Morgan fingerprint density at radius 1 is 1.31 bits per heavy atom. The number of carbonyl (C=O) groups excluding carboxylic acids is 1. The number of fused-ring (bicyclic) bond motifs is 1. The second kappa shape index (κ2) is 6.40. The van der Waals surface area contributed by atoms with Gasteiger partial charge in [0.05, 0.1) is 11.2 Å². The van der Waals surface area contributed by atoms with E-state index in [-0.39, 0.29) is 11.7 Å². The maximum Gasteiger partial charge on any atom is 0.303 e. The fraction of sp³-hybridized carbons (Fsp3) is 0.353. The zero-order valence-corrected chi connectivity index (χ0v) is 14.8. The Bertz CT molecular complexity index is 993. The Hall–Kier alpha value is -2.97. The van der Waals surface area contributed by atoms with Gasteiger partial charge in [0.2, 0.25) is 11.7 Å². The van der Waals surface area contributed by atoms with Crippen LogP contribution < -0.4 is 5.32 Å². The fourth-order valence-corrected chi connectivity index (χ4v) is 2.55. The molecule has 3 heterocycles. The van der Waals surface area contributed by atoms with Crippen molar-refractivity contribution < 1.29 is 13.6 Å². The standard InChI is InChI=1S/C17H18F2N6O/c1-5-11-6-15(23-16(22-11)17(4,18)19)25-13-7-14(21-10(3)26)20-8-12(13)9(2)24-25/h6-8H,5H2,1-4H3,(H,20,21,26). The topological polar surface area (TPSA) is 85.6 Å². The number of nitrogens with one attached hydrogen (secondary N) is 1. The average molecular weight is 360 g/mol. The van der Waals surface area contributed by atoms with Gasteiger partial charge in [-0.05, 0) is 13.3 Å². The third-order valence-corrected chi connectivity index (χ3v) is 3.79. The quantitative estimate of drug-likeness (QED) is 0.772. The second-order valence-corrected chi connectivity index (χ2v) is 6.05. The Labute approximate surface area is 148 Å². The van der Waals surface area contributed by atoms with E-state index in [2.05, 4.69) is 25.4 Å². The summed E-state index contributed by atoms with van der Waals surface area (Å²) in [7, 11) is 0. The zero-order chi connectivity index (χ0) is 19.1. The van der Waals surface area contributed by atoms with E-state index in [4.69, 9.17) is 0 Å². The predicted molar refractivity (Wildman–Crippen MR) is 92.4 cm³/mol. The molecule has 0 aliphatic heterocycles. The molecule has 3 aromatic rings. The lowest BCUT2D eigenvalue weighted by Crippen LogP contribution is -2.16. The van der Waals surface area contributed by atoms with Crippen molar-refractivity contribution in [1.82, 2.24) is 24.7 Å². The van der Waals surface area contributed by atoms with Crippen molar-refractivity contribution >= 4 is 22.6 Å². The van der Waals surface area contributed by atoms with Crippen molar-refractivity contribution in [2.45, 2.75) is 40.0 Å². The van der Waals surface area contributed by atoms with Gasteiger partial charge in [-0.3, -0.25) is 4.79 Å². The van der Waals surface area contributed by atoms with E-state index >= 15 is 0 Å². The number of pyridine rings is 1. The minimum Gasteiger partial charge on any atom is -0.311 e. The van der Waals surface area contributed by atoms with Crippen LogP contribution in [-0.2, 0) is 17.1 Å². The first-order chi connectivity index (χ1) is 12.2. The maximum atomic E-state index is 13.8. The molecule has 1 N–H and O–H groups in total. The van der Waals surface area contributed by atoms with Crippen LogP contribution >= 0.6 is 0 Å². The summed E-state index contributed by atoms with van der Waals surface area (Å²) in [5.41, 5.74) is 1.76. The highest BCUT2D eigenvalue weighted by molar-refractivity contribution is 5.91. The summed E-state index contributed by atoms with van der Waals surface area (Å²) >= 11 is 0. The molecule has 0 aliphatic carbocycles. The molecule has 0 saturated carbocycles. The second-order valence-electron chi connectivity index (χ2n) is 6.05. The van der Waals surface area contributed by atoms with Crippen LogP contribution in [0.25, 0.3) is 16.7 Å². The van der Waals surface area contributed by atoms with E-state index in [0.717, 1.165) is 12.3 Å². The van der Waals surface area contributed by atoms with Crippen LogP contribution in [0, 0.1) is 6.92 Å². The molecule has 0 bridgehead atoms. The number of anilines is 1. The third-order valence-electron chi connectivity index (χ3n) is 3.79. The molecule has 0 aromatic carbocycles. The van der Waals surface area contributed by atoms with Crippen LogP contribution in [0.1, 0.15) is 38.0 Å². The average Bonchev–Trinajstić information content (AvgIpc) is 2.89. The Balaban J connectivity index is 2.23. The Morgan fingerprint density at radius 3 is 2.65 bits per heavy atom. The molecule has 0 fully saturated rings. The number of halogens is 2. The molecule has 3 aromatic heterocycles. The molecule has 9 heteroatoms. The van der Waals surface area contributed by atoms with Gasteiger partial charge in [-0.25, -0.2) is 19.6 Å². The molecule has 0 aliphatic rings. The van der Waals surface area contributed by atoms with Crippen LogP contribution in [0.15, 0.2) is 18.3 Å². The monoisotopic (exact) mass is 360 g/mol. The van der Waals surface area contributed by atoms with Gasteiger partial charge in [0.1, 0.15) is 5.82 Å². The number of carbonyl (C=O) groups is 1. The molecule has 7 nitrogen and oxygen atoms in total. The summed E-state index contributed by atoms with van der Waals surface area (Å²) in [6, 6.07) is 3.26. The highest BCUT2D eigenvalue weighted by atomic mass is 19.3. The van der Waals surface area contributed by atoms with Crippen LogP contribution in [0.2, 0.25) is 0 Å². The molecular formula is C17H18F2N6O. The molecular weight excluding hydrogens is 342 g/mol. The molecule has 0 atom stereocenters. The fourth-order valence-electron chi connectivity index (χ4n) is 2.55. The van der Waals surface area contributed by atoms with Gasteiger partial charge >= 0.3 is 5.92 Å². The lowest BCUT2D eigenvalue weighted by atomic mass is 10.2. The van der Waals surface area contributed by atoms with Gasteiger partial charge < -0.3 is 5.32 Å². The summed E-state index contributed by atoms with van der Waals surface area (Å²) in [6.45, 7) is 5.75. The third kappa shape index (κ3) is 3.37. The lowest BCUT2D eigenvalue weighted by Gasteiger charge is -2.12. The Kier molecular flexibility index (Phi) is 4.39. The Morgan fingerprint density at radius 2 is 2.04 bits per heavy atom. The van der Waals surface area contributed by atoms with Crippen molar-refractivity contribution in [1.29, 1.82) is 0 Å². The molecule has 3 rings (SSSR count). The van der Waals surface area contributed by atoms with E-state index in [0.29, 0.717) is 29.1 Å². The van der Waals surface area contributed by atoms with Crippen LogP contribution in [0.3, 0.4) is 0 Å². The molecule has 26 heavy (non-hydrogen) atoms. The number of alkyl halides is 2. The van der Waals surface area contributed by atoms with Gasteiger partial charge in [-0.1, -0.05) is 6.92 Å². The van der Waals surface area contributed by atoms with Crippen molar-refractivity contribution in [2.75, 3.05) is 5.32 Å². The lowest BCUT2D eigenvalue weighted by molar-refractivity contribution is -0.114. The normalized spacial score (nSPS) is 11.8. The number of nitrogens with zero attached hydrogens (tertiary/aromatic N) is 5. The number of aryl methyl sites for hydroxylation is 2. The molecule has 0 radical (unpaired) electrons. The summed E-state index contributed by atoms with van der Waals surface area (Å²) in [6.07, 6.45) is 2.06. The smallest absolute Gasteiger partial charge is 0.303 e. The minimum atomic E-state index is -3.17. The zero-order valence-electron chi connectivity index (χ0n) is 14.8. The highest BCUT2D eigenvalue weighted by Gasteiger charge is 2.29. The summed E-state index contributed by atoms with van der Waals surface area (Å²) in [4.78, 5) is 23.4. The summed E-state index contributed by atoms with van der Waals surface area (Å²) in [5, 5.41) is 7.74. The van der Waals surface area contributed by atoms with E-state index < -0.39 is 11.7 Å². The van der Waals surface area contributed by atoms with E-state index in [1.165, 1.54) is 11.6 Å². The first-order valence-electron chi connectivity index (χ1n) is 8.08. The van der Waals surface area contributed by atoms with E-state index in [9.17, 15) is 13.6 Å². The number of hydrogen-bond donors (Lipinski definition) is 1. The number of aromatic nitrogens is 5. The number of rotatable bonds is 4. The first-order valence-corrected chi connectivity index (χ1v) is 8.08. The first kappa shape index (κ1) is 17.8. The molecule has 0 unspecified atom stereocenters. The number of amides is 1. The minimum absolute atomic E-state index is 0.242. The van der Waals surface area contributed by atoms with Crippen molar-refractivity contribution in [2.24, 2.45) is 0 Å². The molecule has 1 amide bonds. The largest absolute Gasteiger partial charge is 0.311 e. The van der Waals surface area contributed by atoms with Gasteiger partial charge in [0.15, 0.2) is 5.82 Å². The summed E-state index contributed by atoms with van der Waals surface area (Å²) in [5.74, 6) is -3.39. The maximum absolute atomic E-state index is 13.8. The van der Waals surface area contributed by atoms with Crippen molar-refractivity contribution in [3.63, 3.8) is 0 Å². The summed E-state index contributed by atoms with van der Waals surface area (Å²) < 4.78 is 29.0. The van der Waals surface area contributed by atoms with Crippen molar-refractivity contribution in [3.05, 3.63) is 35.5 Å². The van der Waals surface area contributed by atoms with E-state index in [1.807, 2.05) is 6.92 Å². The van der Waals surface area contributed by atoms with Crippen LogP contribution in [0.5, 0.6) is 0 Å². The molecule has 136 valence electrons. The molecule has 0 saturated heterocycles. The SMILES string of the molecule is CCc1cc(-n2nc(C)c3cnc(NC(C)=O)cc32)nc(C(C)(F)F)n1. The van der Waals surface area contributed by atoms with Gasteiger partial charge in [-0.2, -0.15) is 13.9 Å². The van der Waals surface area contributed by atoms with Crippen LogP contribution in [0.4, 0.5) is 14.6 Å². The predicted octanol–water partition coefficient (Wildman–Crippen LogP) is 3.15. The van der Waals surface area contributed by atoms with E-state index in [1.54, 1.807) is 25.3 Å². The van der Waals surface area contributed by atoms with Gasteiger partial charge in [-0.15, -0.1) is 0 Å². The van der Waals surface area contributed by atoms with Gasteiger partial charge in [0, 0.05) is 43.3 Å². The number of hydrogen-bond acceptors (Lipinski definition) is 5. The highest BCUT2D eigenvalue weighted by Crippen LogP contribution is 2.27. The van der Waals surface area contributed by atoms with Crippen molar-refractivity contribution in [3.8, 4) is 5.82 Å². The van der Waals surface area contributed by atoms with Crippen LogP contribution in [-0.4, -0.2) is 30.6 Å². The molecule has 0 spiro atoms. The van der Waals surface area contributed by atoms with Gasteiger partial charge in [0.25, 0.3) is 0 Å².